The van der Waals surface area contributed by atoms with Gasteiger partial charge in [0.25, 0.3) is 0 Å². The van der Waals surface area contributed by atoms with Gasteiger partial charge in [-0.15, -0.1) is 0 Å². The second-order valence-corrected chi connectivity index (χ2v) is 3.83. The van der Waals surface area contributed by atoms with Crippen LogP contribution in [-0.4, -0.2) is 29.5 Å². The summed E-state index contributed by atoms with van der Waals surface area (Å²) in [5, 5.41) is 0. The molecule has 0 aliphatic carbocycles. The van der Waals surface area contributed by atoms with Gasteiger partial charge >= 0.3 is 5.97 Å². The maximum Gasteiger partial charge on any atom is 0.332 e. The smallest absolute Gasteiger partial charge is 0.332 e. The molecule has 1 heterocycles. The Bertz CT molecular complexity index is 172. The van der Waals surface area contributed by atoms with Gasteiger partial charge in [-0.1, -0.05) is 0 Å². The summed E-state index contributed by atoms with van der Waals surface area (Å²) in [6.45, 7) is 5.24. The average molecular weight is 283 g/mol. The number of rotatable bonds is 2. The Morgan fingerprint density at radius 3 is 2.83 bits per heavy atom. The third kappa shape index (κ3) is 2.10. The summed E-state index contributed by atoms with van der Waals surface area (Å²) in [7, 11) is 0. The van der Waals surface area contributed by atoms with E-state index >= 15 is 0 Å². The van der Waals surface area contributed by atoms with E-state index in [-0.39, 0.29) is 12.0 Å². The monoisotopic (exact) mass is 283 g/mol. The van der Waals surface area contributed by atoms with Gasteiger partial charge in [0.2, 0.25) is 0 Å². The molecule has 0 amide bonds. The van der Waals surface area contributed by atoms with E-state index in [0.29, 0.717) is 6.04 Å². The first-order valence-electron chi connectivity index (χ1n) is 4.25. The zero-order valence-corrected chi connectivity index (χ0v) is 9.58. The number of carbonyl (C=O) groups excluding carboxylic acids is 1. The van der Waals surface area contributed by atoms with E-state index in [1.165, 1.54) is 0 Å². The number of carbonyl (C=O) groups is 1. The van der Waals surface area contributed by atoms with Crippen molar-refractivity contribution in [3.8, 4) is 0 Å². The van der Waals surface area contributed by atoms with Crippen LogP contribution in [0.25, 0.3) is 0 Å². The number of nitrogens with zero attached hydrogens (tertiary/aromatic N) is 1. The fraction of sp³-hybridized carbons (Fsp3) is 0.875. The van der Waals surface area contributed by atoms with Crippen LogP contribution in [0, 0.1) is 0 Å². The molecule has 70 valence electrons. The zero-order chi connectivity index (χ0) is 9.14. The van der Waals surface area contributed by atoms with Gasteiger partial charge in [0.1, 0.15) is 6.04 Å². The van der Waals surface area contributed by atoms with Crippen LogP contribution in [-0.2, 0) is 7.86 Å². The first-order chi connectivity index (χ1) is 5.66. The van der Waals surface area contributed by atoms with Crippen molar-refractivity contribution in [3.63, 3.8) is 0 Å². The van der Waals surface area contributed by atoms with Crippen molar-refractivity contribution in [2.24, 2.45) is 0 Å². The molecular weight excluding hydrogens is 269 g/mol. The van der Waals surface area contributed by atoms with Crippen molar-refractivity contribution in [2.45, 2.75) is 38.8 Å². The van der Waals surface area contributed by atoms with Crippen molar-refractivity contribution in [3.05, 3.63) is 0 Å². The lowest BCUT2D eigenvalue weighted by Gasteiger charge is -2.25. The Labute approximate surface area is 87.1 Å². The van der Waals surface area contributed by atoms with E-state index in [4.69, 9.17) is 3.07 Å². The summed E-state index contributed by atoms with van der Waals surface area (Å²) in [4.78, 5) is 13.5. The number of hydrogen-bond donors (Lipinski definition) is 0. The second-order valence-electron chi connectivity index (χ2n) is 3.39. The number of halogens is 1. The minimum absolute atomic E-state index is 0.00176. The average Bonchev–Trinajstić information content (AvgIpc) is 2.50. The molecule has 0 saturated carbocycles. The SMILES string of the molecule is CC(C)N1CCCC1C(=O)OI. The largest absolute Gasteiger partial charge is 0.393 e. The fourth-order valence-corrected chi connectivity index (χ4v) is 2.01. The van der Waals surface area contributed by atoms with Crippen LogP contribution in [0.5, 0.6) is 0 Å². The molecular formula is C8H14INO2. The highest BCUT2D eigenvalue weighted by atomic mass is 127. The molecule has 4 heteroatoms. The van der Waals surface area contributed by atoms with Crippen molar-refractivity contribution in [1.82, 2.24) is 4.90 Å². The standard InChI is InChI=1S/C8H14INO2/c1-6(2)10-5-3-4-7(10)8(11)12-9/h6-7H,3-5H2,1-2H3. The molecule has 1 rings (SSSR count). The predicted molar refractivity (Wildman–Crippen MR) is 55.0 cm³/mol. The fourth-order valence-electron chi connectivity index (χ4n) is 1.71. The Morgan fingerprint density at radius 2 is 2.33 bits per heavy atom. The second kappa shape index (κ2) is 4.41. The Morgan fingerprint density at radius 1 is 1.67 bits per heavy atom. The van der Waals surface area contributed by atoms with Gasteiger partial charge in [-0.05, 0) is 33.2 Å². The highest BCUT2D eigenvalue weighted by Crippen LogP contribution is 2.21. The van der Waals surface area contributed by atoms with Crippen LogP contribution in [0.1, 0.15) is 26.7 Å². The quantitative estimate of drug-likeness (QED) is 0.723. The predicted octanol–water partition coefficient (Wildman–Crippen LogP) is 1.75. The van der Waals surface area contributed by atoms with E-state index in [2.05, 4.69) is 18.7 Å². The molecule has 1 aliphatic heterocycles. The molecule has 0 aromatic carbocycles. The molecule has 1 fully saturated rings. The van der Waals surface area contributed by atoms with E-state index in [1.54, 1.807) is 23.0 Å². The summed E-state index contributed by atoms with van der Waals surface area (Å²) < 4.78 is 4.70. The number of hydrogen-bond acceptors (Lipinski definition) is 3. The molecule has 3 nitrogen and oxygen atoms in total. The highest BCUT2D eigenvalue weighted by molar-refractivity contribution is 14.1. The van der Waals surface area contributed by atoms with Gasteiger partial charge in [-0.3, -0.25) is 4.90 Å². The van der Waals surface area contributed by atoms with E-state index in [9.17, 15) is 4.79 Å². The first-order valence-corrected chi connectivity index (χ1v) is 5.13. The van der Waals surface area contributed by atoms with Crippen LogP contribution < -0.4 is 0 Å². The summed E-state index contributed by atoms with van der Waals surface area (Å²) in [6, 6.07) is 0.440. The lowest BCUT2D eigenvalue weighted by Crippen LogP contribution is -2.40. The molecule has 0 N–H and O–H groups in total. The van der Waals surface area contributed by atoms with Crippen molar-refractivity contribution in [2.75, 3.05) is 6.54 Å². The first kappa shape index (κ1) is 10.2. The summed E-state index contributed by atoms with van der Waals surface area (Å²) >= 11 is 1.66. The third-order valence-electron chi connectivity index (χ3n) is 2.31. The van der Waals surface area contributed by atoms with Gasteiger partial charge in [-0.25, -0.2) is 4.79 Å². The van der Waals surface area contributed by atoms with Gasteiger partial charge in [0.05, 0.1) is 0 Å². The molecule has 0 aromatic rings. The van der Waals surface area contributed by atoms with E-state index < -0.39 is 0 Å². The normalized spacial score (nSPS) is 24.8. The number of likely N-dealkylation sites (tertiary alicyclic amines) is 1. The van der Waals surface area contributed by atoms with Crippen molar-refractivity contribution in [1.29, 1.82) is 0 Å². The highest BCUT2D eigenvalue weighted by Gasteiger charge is 2.33. The van der Waals surface area contributed by atoms with Gasteiger partial charge in [0, 0.05) is 6.04 Å². The molecule has 0 spiro atoms. The molecule has 1 unspecified atom stereocenters. The van der Waals surface area contributed by atoms with Gasteiger partial charge in [0.15, 0.2) is 23.0 Å². The van der Waals surface area contributed by atoms with Crippen molar-refractivity contribution < 1.29 is 7.86 Å². The van der Waals surface area contributed by atoms with E-state index in [1.807, 2.05) is 0 Å². The summed E-state index contributed by atoms with van der Waals surface area (Å²) in [5.74, 6) is -0.0956. The van der Waals surface area contributed by atoms with Crippen LogP contribution in [0.15, 0.2) is 0 Å². The molecule has 1 atom stereocenters. The van der Waals surface area contributed by atoms with Crippen molar-refractivity contribution >= 4 is 29.0 Å². The Balaban J connectivity index is 2.57. The maximum absolute atomic E-state index is 11.3. The third-order valence-corrected chi connectivity index (χ3v) is 2.74. The maximum atomic E-state index is 11.3. The topological polar surface area (TPSA) is 29.5 Å². The van der Waals surface area contributed by atoms with Gasteiger partial charge in [-0.2, -0.15) is 0 Å². The molecule has 1 saturated heterocycles. The van der Waals surface area contributed by atoms with Crippen LogP contribution in [0.4, 0.5) is 0 Å². The molecule has 0 radical (unpaired) electrons. The van der Waals surface area contributed by atoms with E-state index in [0.717, 1.165) is 19.4 Å². The Hall–Kier alpha value is 0.160. The lowest BCUT2D eigenvalue weighted by molar-refractivity contribution is -0.136. The van der Waals surface area contributed by atoms with Crippen LogP contribution >= 0.6 is 23.0 Å². The summed E-state index contributed by atoms with van der Waals surface area (Å²) in [5.41, 5.74) is 0. The minimum Gasteiger partial charge on any atom is -0.393 e. The van der Waals surface area contributed by atoms with Crippen LogP contribution in [0.2, 0.25) is 0 Å². The lowest BCUT2D eigenvalue weighted by atomic mass is 10.2. The summed E-state index contributed by atoms with van der Waals surface area (Å²) in [6.07, 6.45) is 2.05. The molecule has 0 aromatic heterocycles. The zero-order valence-electron chi connectivity index (χ0n) is 7.42. The molecule has 12 heavy (non-hydrogen) atoms. The molecule has 0 bridgehead atoms. The minimum atomic E-state index is -0.0956. The van der Waals surface area contributed by atoms with Gasteiger partial charge < -0.3 is 3.07 Å². The Kier molecular flexibility index (Phi) is 3.77. The molecule has 1 aliphatic rings. The van der Waals surface area contributed by atoms with Crippen LogP contribution in [0.3, 0.4) is 0 Å².